The van der Waals surface area contributed by atoms with Crippen LogP contribution in [0.4, 0.5) is 0 Å². The molecule has 2 N–H and O–H groups in total. The Labute approximate surface area is 59.0 Å². The van der Waals surface area contributed by atoms with Crippen molar-refractivity contribution >= 4 is 19.4 Å². The fourth-order valence-electron chi connectivity index (χ4n) is 0.328. The molecule has 3 nitrogen and oxygen atoms in total. The molecule has 0 aromatic rings. The second-order valence-electron chi connectivity index (χ2n) is 1.70. The third-order valence-corrected chi connectivity index (χ3v) is 3.38. The van der Waals surface area contributed by atoms with Crippen molar-refractivity contribution in [1.29, 1.82) is 0 Å². The van der Waals surface area contributed by atoms with E-state index in [1.807, 2.05) is 6.92 Å². The zero-order valence-corrected chi connectivity index (χ0v) is 6.99. The van der Waals surface area contributed by atoms with Crippen LogP contribution in [0.25, 0.3) is 0 Å². The molecular weight excluding hydrogens is 159 g/mol. The smallest absolute Gasteiger partial charge is 0.324 e. The second kappa shape index (κ2) is 4.34. The van der Waals surface area contributed by atoms with Crippen molar-refractivity contribution < 1.29 is 14.4 Å². The molecule has 0 saturated heterocycles. The predicted molar refractivity (Wildman–Crippen MR) is 39.7 cm³/mol. The van der Waals surface area contributed by atoms with Crippen LogP contribution in [-0.4, -0.2) is 21.0 Å². The van der Waals surface area contributed by atoms with Gasteiger partial charge in [-0.3, -0.25) is 4.57 Å². The molecule has 0 heterocycles. The normalized spacial score (nSPS) is 11.9. The lowest BCUT2D eigenvalue weighted by Gasteiger charge is -2.00. The number of thioether (sulfide) groups is 1. The van der Waals surface area contributed by atoms with Crippen molar-refractivity contribution in [3.8, 4) is 0 Å². The highest BCUT2D eigenvalue weighted by Crippen LogP contribution is 2.38. The quantitative estimate of drug-likeness (QED) is 0.492. The van der Waals surface area contributed by atoms with Crippen molar-refractivity contribution in [2.45, 2.75) is 13.3 Å². The molecule has 0 amide bonds. The van der Waals surface area contributed by atoms with Crippen LogP contribution in [-0.2, 0) is 4.57 Å². The van der Waals surface area contributed by atoms with Crippen LogP contribution in [0.1, 0.15) is 13.3 Å². The van der Waals surface area contributed by atoms with Gasteiger partial charge in [0.2, 0.25) is 0 Å². The molecule has 0 spiro atoms. The second-order valence-corrected chi connectivity index (χ2v) is 4.88. The maximum absolute atomic E-state index is 10.2. The zero-order chi connectivity index (χ0) is 7.33. The third kappa shape index (κ3) is 8.50. The minimum Gasteiger partial charge on any atom is -0.324 e. The summed E-state index contributed by atoms with van der Waals surface area (Å²) in [5.41, 5.74) is -0.0408. The van der Waals surface area contributed by atoms with Gasteiger partial charge in [0.05, 0.1) is 5.49 Å². The molecule has 0 aromatic heterocycles. The average molecular weight is 170 g/mol. The van der Waals surface area contributed by atoms with E-state index in [4.69, 9.17) is 9.79 Å². The highest BCUT2D eigenvalue weighted by atomic mass is 32.2. The lowest BCUT2D eigenvalue weighted by atomic mass is 10.6. The lowest BCUT2D eigenvalue weighted by molar-refractivity contribution is 0.379. The van der Waals surface area contributed by atoms with Gasteiger partial charge in [-0.25, -0.2) is 0 Å². The van der Waals surface area contributed by atoms with E-state index in [1.54, 1.807) is 0 Å². The highest BCUT2D eigenvalue weighted by molar-refractivity contribution is 8.04. The Kier molecular flexibility index (Phi) is 4.58. The highest BCUT2D eigenvalue weighted by Gasteiger charge is 2.10. The molecule has 0 fully saturated rings. The van der Waals surface area contributed by atoms with E-state index in [0.717, 1.165) is 12.2 Å². The van der Waals surface area contributed by atoms with E-state index in [9.17, 15) is 4.57 Å². The molecule has 9 heavy (non-hydrogen) atoms. The Hall–Kier alpha value is 0.500. The molecule has 0 aliphatic carbocycles. The molecule has 0 aliphatic rings. The summed E-state index contributed by atoms with van der Waals surface area (Å²) in [6, 6.07) is 0. The van der Waals surface area contributed by atoms with Gasteiger partial charge in [-0.1, -0.05) is 6.92 Å². The van der Waals surface area contributed by atoms with Crippen LogP contribution in [0.5, 0.6) is 0 Å². The molecule has 0 bridgehead atoms. The predicted octanol–water partition coefficient (Wildman–Crippen LogP) is 1.26. The van der Waals surface area contributed by atoms with Crippen molar-refractivity contribution in [2.24, 2.45) is 0 Å². The van der Waals surface area contributed by atoms with E-state index in [1.165, 1.54) is 11.8 Å². The summed E-state index contributed by atoms with van der Waals surface area (Å²) in [5.74, 6) is 0.825. The van der Waals surface area contributed by atoms with E-state index >= 15 is 0 Å². The summed E-state index contributed by atoms with van der Waals surface area (Å²) in [7, 11) is -3.73. The molecule has 0 rings (SSSR count). The monoisotopic (exact) mass is 170 g/mol. The molecule has 5 heteroatoms. The van der Waals surface area contributed by atoms with Gasteiger partial charge in [-0.05, 0) is 12.2 Å². The summed E-state index contributed by atoms with van der Waals surface area (Å²) in [6.45, 7) is 1.98. The Morgan fingerprint density at radius 3 is 2.44 bits per heavy atom. The zero-order valence-electron chi connectivity index (χ0n) is 5.28. The van der Waals surface area contributed by atoms with Gasteiger partial charge in [0.15, 0.2) is 0 Å². The number of hydrogen-bond donors (Lipinski definition) is 2. The van der Waals surface area contributed by atoms with Gasteiger partial charge in [-0.2, -0.15) is 0 Å². The maximum atomic E-state index is 10.2. The van der Waals surface area contributed by atoms with Crippen LogP contribution < -0.4 is 0 Å². The minimum atomic E-state index is -3.73. The molecule has 0 unspecified atom stereocenters. The van der Waals surface area contributed by atoms with Gasteiger partial charge >= 0.3 is 7.60 Å². The molecule has 0 radical (unpaired) electrons. The Morgan fingerprint density at radius 2 is 2.11 bits per heavy atom. The molecule has 0 atom stereocenters. The summed E-state index contributed by atoms with van der Waals surface area (Å²) >= 11 is 1.30. The van der Waals surface area contributed by atoms with Crippen LogP contribution in [0.3, 0.4) is 0 Å². The van der Waals surface area contributed by atoms with Crippen LogP contribution >= 0.6 is 19.4 Å². The molecular formula is C4H11O3PS. The van der Waals surface area contributed by atoms with Gasteiger partial charge in [0, 0.05) is 0 Å². The SMILES string of the molecule is CCCSCP(=O)(O)O. The van der Waals surface area contributed by atoms with E-state index in [2.05, 4.69) is 0 Å². The molecule has 0 saturated carbocycles. The van der Waals surface area contributed by atoms with E-state index < -0.39 is 7.60 Å². The van der Waals surface area contributed by atoms with Crippen molar-refractivity contribution in [1.82, 2.24) is 0 Å². The van der Waals surface area contributed by atoms with E-state index in [-0.39, 0.29) is 5.49 Å². The van der Waals surface area contributed by atoms with Crippen molar-refractivity contribution in [3.05, 3.63) is 0 Å². The van der Waals surface area contributed by atoms with Crippen LogP contribution in [0.2, 0.25) is 0 Å². The first kappa shape index (κ1) is 9.50. The number of rotatable bonds is 4. The largest absolute Gasteiger partial charge is 0.335 e. The van der Waals surface area contributed by atoms with Gasteiger partial charge in [-0.15, -0.1) is 11.8 Å². The maximum Gasteiger partial charge on any atom is 0.335 e. The van der Waals surface area contributed by atoms with Gasteiger partial charge in [0.1, 0.15) is 0 Å². The average Bonchev–Trinajstić information content (AvgIpc) is 1.63. The lowest BCUT2D eigenvalue weighted by Crippen LogP contribution is -1.83. The summed E-state index contributed by atoms with van der Waals surface area (Å²) in [5, 5.41) is 0. The van der Waals surface area contributed by atoms with Gasteiger partial charge < -0.3 is 9.79 Å². The first-order valence-electron chi connectivity index (χ1n) is 2.68. The summed E-state index contributed by atoms with van der Waals surface area (Å²) < 4.78 is 10.2. The number of hydrogen-bond acceptors (Lipinski definition) is 2. The summed E-state index contributed by atoms with van der Waals surface area (Å²) in [4.78, 5) is 16.7. The first-order chi connectivity index (χ1) is 4.06. The fourth-order valence-corrected chi connectivity index (χ4v) is 2.08. The first-order valence-corrected chi connectivity index (χ1v) is 5.64. The standard InChI is InChI=1S/C4H11O3PS/c1-2-3-9-4-8(5,6)7/h2-4H2,1H3,(H2,5,6,7). The Bertz CT molecular complexity index is 110. The Morgan fingerprint density at radius 1 is 1.56 bits per heavy atom. The van der Waals surface area contributed by atoms with Crippen LogP contribution in [0.15, 0.2) is 0 Å². The van der Waals surface area contributed by atoms with E-state index in [0.29, 0.717) is 0 Å². The Balaban J connectivity index is 3.18. The summed E-state index contributed by atoms with van der Waals surface area (Å²) in [6.07, 6.45) is 0.963. The fraction of sp³-hybridized carbons (Fsp3) is 1.00. The van der Waals surface area contributed by atoms with Crippen molar-refractivity contribution in [3.63, 3.8) is 0 Å². The molecule has 56 valence electrons. The van der Waals surface area contributed by atoms with Gasteiger partial charge in [0.25, 0.3) is 0 Å². The third-order valence-electron chi connectivity index (χ3n) is 0.608. The molecule has 0 aromatic carbocycles. The topological polar surface area (TPSA) is 57.5 Å². The minimum absolute atomic E-state index is 0.0408. The van der Waals surface area contributed by atoms with Crippen molar-refractivity contribution in [2.75, 3.05) is 11.2 Å². The molecule has 0 aliphatic heterocycles. The van der Waals surface area contributed by atoms with Crippen LogP contribution in [0, 0.1) is 0 Å².